The van der Waals surface area contributed by atoms with Crippen LogP contribution >= 0.6 is 0 Å². The SMILES string of the molecule is CCCCN(C)C(=O)c1cc(Nc2ccccc2CC)ncn1. The molecule has 5 heteroatoms. The number of hydrogen-bond donors (Lipinski definition) is 1. The number of nitrogens with one attached hydrogen (secondary N) is 1. The molecule has 0 atom stereocenters. The number of benzene rings is 1. The van der Waals surface area contributed by atoms with Gasteiger partial charge in [0.2, 0.25) is 0 Å². The summed E-state index contributed by atoms with van der Waals surface area (Å²) >= 11 is 0. The number of nitrogens with zero attached hydrogens (tertiary/aromatic N) is 3. The summed E-state index contributed by atoms with van der Waals surface area (Å²) < 4.78 is 0. The minimum atomic E-state index is -0.0762. The zero-order chi connectivity index (χ0) is 16.7. The number of unbranched alkanes of at least 4 members (excludes halogenated alkanes) is 1. The van der Waals surface area contributed by atoms with Crippen LogP contribution in [0.25, 0.3) is 0 Å². The third-order valence-corrected chi connectivity index (χ3v) is 3.74. The second-order valence-electron chi connectivity index (χ2n) is 5.50. The minimum Gasteiger partial charge on any atom is -0.340 e. The van der Waals surface area contributed by atoms with Crippen molar-refractivity contribution in [1.29, 1.82) is 0 Å². The molecular weight excluding hydrogens is 288 g/mol. The number of anilines is 2. The van der Waals surface area contributed by atoms with Crippen LogP contribution in [0.5, 0.6) is 0 Å². The maximum atomic E-state index is 12.4. The van der Waals surface area contributed by atoms with E-state index in [0.29, 0.717) is 11.5 Å². The number of para-hydroxylation sites is 1. The van der Waals surface area contributed by atoms with Crippen LogP contribution in [0.4, 0.5) is 11.5 Å². The molecule has 1 aromatic heterocycles. The van der Waals surface area contributed by atoms with Gasteiger partial charge in [-0.3, -0.25) is 4.79 Å². The Hall–Kier alpha value is -2.43. The number of hydrogen-bond acceptors (Lipinski definition) is 4. The van der Waals surface area contributed by atoms with Crippen LogP contribution in [0.1, 0.15) is 42.7 Å². The molecular formula is C18H24N4O. The molecule has 0 aliphatic rings. The van der Waals surface area contributed by atoms with E-state index in [1.807, 2.05) is 18.2 Å². The Labute approximate surface area is 137 Å². The van der Waals surface area contributed by atoms with Crippen LogP contribution in [-0.4, -0.2) is 34.4 Å². The van der Waals surface area contributed by atoms with Crippen LogP contribution in [0.2, 0.25) is 0 Å². The van der Waals surface area contributed by atoms with E-state index in [-0.39, 0.29) is 5.91 Å². The van der Waals surface area contributed by atoms with Crippen LogP contribution in [0, 0.1) is 0 Å². The van der Waals surface area contributed by atoms with Gasteiger partial charge in [0.25, 0.3) is 5.91 Å². The summed E-state index contributed by atoms with van der Waals surface area (Å²) in [4.78, 5) is 22.4. The minimum absolute atomic E-state index is 0.0762. The van der Waals surface area contributed by atoms with E-state index >= 15 is 0 Å². The second-order valence-corrected chi connectivity index (χ2v) is 5.50. The van der Waals surface area contributed by atoms with E-state index in [2.05, 4.69) is 35.2 Å². The van der Waals surface area contributed by atoms with Crippen LogP contribution in [-0.2, 0) is 6.42 Å². The molecule has 1 amide bonds. The van der Waals surface area contributed by atoms with E-state index in [4.69, 9.17) is 0 Å². The topological polar surface area (TPSA) is 58.1 Å². The number of carbonyl (C=O) groups excluding carboxylic acids is 1. The molecule has 1 heterocycles. The summed E-state index contributed by atoms with van der Waals surface area (Å²) in [5.41, 5.74) is 2.63. The van der Waals surface area contributed by atoms with E-state index in [9.17, 15) is 4.79 Å². The average molecular weight is 312 g/mol. The molecule has 0 saturated carbocycles. The van der Waals surface area contributed by atoms with Gasteiger partial charge in [-0.2, -0.15) is 0 Å². The molecule has 0 spiro atoms. The van der Waals surface area contributed by atoms with Gasteiger partial charge in [-0.05, 0) is 24.5 Å². The zero-order valence-corrected chi connectivity index (χ0v) is 14.0. The van der Waals surface area contributed by atoms with Gasteiger partial charge in [0.1, 0.15) is 17.8 Å². The molecule has 2 aromatic rings. The number of aryl methyl sites for hydroxylation is 1. The lowest BCUT2D eigenvalue weighted by atomic mass is 10.1. The Bertz CT molecular complexity index is 657. The number of amides is 1. The lowest BCUT2D eigenvalue weighted by Gasteiger charge is -2.16. The van der Waals surface area contributed by atoms with Gasteiger partial charge in [0.15, 0.2) is 0 Å². The molecule has 0 unspecified atom stereocenters. The molecule has 5 nitrogen and oxygen atoms in total. The van der Waals surface area contributed by atoms with Gasteiger partial charge in [-0.15, -0.1) is 0 Å². The fourth-order valence-electron chi connectivity index (χ4n) is 2.32. The largest absolute Gasteiger partial charge is 0.340 e. The van der Waals surface area contributed by atoms with Crippen molar-refractivity contribution in [2.75, 3.05) is 18.9 Å². The summed E-state index contributed by atoms with van der Waals surface area (Å²) in [5, 5.41) is 3.28. The Morgan fingerprint density at radius 3 is 2.74 bits per heavy atom. The highest BCUT2D eigenvalue weighted by molar-refractivity contribution is 5.92. The molecule has 0 aliphatic heterocycles. The van der Waals surface area contributed by atoms with Crippen LogP contribution in [0.15, 0.2) is 36.7 Å². The highest BCUT2D eigenvalue weighted by Gasteiger charge is 2.14. The van der Waals surface area contributed by atoms with Crippen molar-refractivity contribution >= 4 is 17.4 Å². The van der Waals surface area contributed by atoms with Gasteiger partial charge >= 0.3 is 0 Å². The summed E-state index contributed by atoms with van der Waals surface area (Å²) in [6.07, 6.45) is 4.40. The molecule has 0 bridgehead atoms. The smallest absolute Gasteiger partial charge is 0.272 e. The maximum absolute atomic E-state index is 12.4. The highest BCUT2D eigenvalue weighted by atomic mass is 16.2. The first-order valence-electron chi connectivity index (χ1n) is 8.08. The third-order valence-electron chi connectivity index (χ3n) is 3.74. The highest BCUT2D eigenvalue weighted by Crippen LogP contribution is 2.20. The van der Waals surface area contributed by atoms with Crippen LogP contribution < -0.4 is 5.32 Å². The van der Waals surface area contributed by atoms with Crippen molar-refractivity contribution in [1.82, 2.24) is 14.9 Å². The Kier molecular flexibility index (Phi) is 6.09. The standard InChI is InChI=1S/C18H24N4O/c1-4-6-11-22(3)18(23)16-12-17(20-13-19-16)21-15-10-8-7-9-14(15)5-2/h7-10,12-13H,4-6,11H2,1-3H3,(H,19,20,21). The monoisotopic (exact) mass is 312 g/mol. The molecule has 0 saturated heterocycles. The second kappa shape index (κ2) is 8.27. The molecule has 23 heavy (non-hydrogen) atoms. The maximum Gasteiger partial charge on any atom is 0.272 e. The van der Waals surface area contributed by atoms with Crippen LogP contribution in [0.3, 0.4) is 0 Å². The van der Waals surface area contributed by atoms with Crippen molar-refractivity contribution < 1.29 is 4.79 Å². The predicted octanol–water partition coefficient (Wildman–Crippen LogP) is 3.65. The fraction of sp³-hybridized carbons (Fsp3) is 0.389. The number of carbonyl (C=O) groups is 1. The molecule has 1 aromatic carbocycles. The quantitative estimate of drug-likeness (QED) is 0.847. The van der Waals surface area contributed by atoms with E-state index < -0.39 is 0 Å². The summed E-state index contributed by atoms with van der Waals surface area (Å²) in [6.45, 7) is 4.95. The first-order valence-corrected chi connectivity index (χ1v) is 8.08. The Morgan fingerprint density at radius 1 is 1.22 bits per heavy atom. The molecule has 122 valence electrons. The lowest BCUT2D eigenvalue weighted by molar-refractivity contribution is 0.0787. The van der Waals surface area contributed by atoms with E-state index in [0.717, 1.165) is 31.5 Å². The van der Waals surface area contributed by atoms with Crippen molar-refractivity contribution in [2.45, 2.75) is 33.1 Å². The summed E-state index contributed by atoms with van der Waals surface area (Å²) in [7, 11) is 1.81. The van der Waals surface area contributed by atoms with Gasteiger partial charge in [0, 0.05) is 25.3 Å². The van der Waals surface area contributed by atoms with Crippen molar-refractivity contribution in [3.05, 3.63) is 47.9 Å². The van der Waals surface area contributed by atoms with Gasteiger partial charge in [0.05, 0.1) is 0 Å². The third kappa shape index (κ3) is 4.52. The molecule has 2 rings (SSSR count). The summed E-state index contributed by atoms with van der Waals surface area (Å²) in [5.74, 6) is 0.556. The lowest BCUT2D eigenvalue weighted by Crippen LogP contribution is -2.28. The first kappa shape index (κ1) is 16.9. The van der Waals surface area contributed by atoms with Crippen molar-refractivity contribution in [2.24, 2.45) is 0 Å². The molecule has 1 N–H and O–H groups in total. The zero-order valence-electron chi connectivity index (χ0n) is 14.0. The number of aromatic nitrogens is 2. The van der Waals surface area contributed by atoms with Gasteiger partial charge in [-0.1, -0.05) is 38.5 Å². The van der Waals surface area contributed by atoms with E-state index in [1.54, 1.807) is 18.0 Å². The first-order chi connectivity index (χ1) is 11.2. The van der Waals surface area contributed by atoms with Crippen molar-refractivity contribution in [3.8, 4) is 0 Å². The van der Waals surface area contributed by atoms with E-state index in [1.165, 1.54) is 11.9 Å². The molecule has 0 radical (unpaired) electrons. The fourth-order valence-corrected chi connectivity index (χ4v) is 2.32. The van der Waals surface area contributed by atoms with Gasteiger partial charge < -0.3 is 10.2 Å². The molecule has 0 fully saturated rings. The van der Waals surface area contributed by atoms with Gasteiger partial charge in [-0.25, -0.2) is 9.97 Å². The van der Waals surface area contributed by atoms with Crippen molar-refractivity contribution in [3.63, 3.8) is 0 Å². The Morgan fingerprint density at radius 2 is 2.00 bits per heavy atom. The predicted molar refractivity (Wildman–Crippen MR) is 93.0 cm³/mol. The average Bonchev–Trinajstić information content (AvgIpc) is 2.59. The Balaban J connectivity index is 2.15. The number of rotatable bonds is 7. The summed E-state index contributed by atoms with van der Waals surface area (Å²) in [6, 6.07) is 9.79. The molecule has 0 aliphatic carbocycles. The normalized spacial score (nSPS) is 10.4.